The number of benzene rings is 1. The highest BCUT2D eigenvalue weighted by molar-refractivity contribution is 7.98. The van der Waals surface area contributed by atoms with Crippen LogP contribution >= 0.6 is 11.8 Å². The van der Waals surface area contributed by atoms with Gasteiger partial charge in [-0.15, -0.1) is 11.8 Å². The van der Waals surface area contributed by atoms with E-state index in [4.69, 9.17) is 5.84 Å². The first-order valence-corrected chi connectivity index (χ1v) is 6.50. The monoisotopic (exact) mass is 224 g/mol. The molecule has 0 aliphatic heterocycles. The maximum Gasteiger partial charge on any atom is 0.0462 e. The van der Waals surface area contributed by atoms with Crippen molar-refractivity contribution in [1.82, 2.24) is 5.43 Å². The average Bonchev–Trinajstić information content (AvgIpc) is 2.26. The highest BCUT2D eigenvalue weighted by Gasteiger charge is 2.10. The standard InChI is InChI=1S/C12H20N2S/c1-9(2)8-12(14-13)10-4-6-11(15-3)7-5-10/h4-7,9,12,14H,8,13H2,1-3H3. The van der Waals surface area contributed by atoms with Gasteiger partial charge >= 0.3 is 0 Å². The minimum atomic E-state index is 0.265. The molecule has 0 saturated heterocycles. The Morgan fingerprint density at radius 1 is 1.27 bits per heavy atom. The summed E-state index contributed by atoms with van der Waals surface area (Å²) in [5.41, 5.74) is 4.15. The molecule has 0 bridgehead atoms. The van der Waals surface area contributed by atoms with Crippen molar-refractivity contribution < 1.29 is 0 Å². The third-order valence-corrected chi connectivity index (χ3v) is 3.17. The molecule has 2 nitrogen and oxygen atoms in total. The molecule has 0 fully saturated rings. The van der Waals surface area contributed by atoms with Gasteiger partial charge < -0.3 is 0 Å². The van der Waals surface area contributed by atoms with Gasteiger partial charge in [-0.05, 0) is 36.3 Å². The van der Waals surface area contributed by atoms with Gasteiger partial charge in [0.1, 0.15) is 0 Å². The summed E-state index contributed by atoms with van der Waals surface area (Å²) in [6.45, 7) is 4.42. The van der Waals surface area contributed by atoms with Crippen LogP contribution in [-0.2, 0) is 0 Å². The number of hydrogen-bond donors (Lipinski definition) is 2. The van der Waals surface area contributed by atoms with Crippen LogP contribution in [0.1, 0.15) is 31.9 Å². The van der Waals surface area contributed by atoms with E-state index in [-0.39, 0.29) is 6.04 Å². The van der Waals surface area contributed by atoms with Crippen molar-refractivity contribution in [2.75, 3.05) is 6.26 Å². The molecule has 0 radical (unpaired) electrons. The van der Waals surface area contributed by atoms with Crippen molar-refractivity contribution >= 4 is 11.8 Å². The molecule has 1 atom stereocenters. The molecular weight excluding hydrogens is 204 g/mol. The number of hydrogen-bond acceptors (Lipinski definition) is 3. The molecule has 1 rings (SSSR count). The van der Waals surface area contributed by atoms with Crippen LogP contribution in [0.4, 0.5) is 0 Å². The van der Waals surface area contributed by atoms with Crippen LogP contribution in [0.15, 0.2) is 29.2 Å². The Morgan fingerprint density at radius 2 is 1.87 bits per heavy atom. The molecule has 3 N–H and O–H groups in total. The normalized spacial score (nSPS) is 13.1. The van der Waals surface area contributed by atoms with Crippen LogP contribution in [0.5, 0.6) is 0 Å². The summed E-state index contributed by atoms with van der Waals surface area (Å²) < 4.78 is 0. The first-order chi connectivity index (χ1) is 7.17. The van der Waals surface area contributed by atoms with Crippen molar-refractivity contribution in [3.8, 4) is 0 Å². The molecule has 0 aromatic heterocycles. The summed E-state index contributed by atoms with van der Waals surface area (Å²) >= 11 is 1.76. The minimum absolute atomic E-state index is 0.265. The van der Waals surface area contributed by atoms with E-state index in [1.54, 1.807) is 11.8 Å². The first kappa shape index (κ1) is 12.6. The summed E-state index contributed by atoms with van der Waals surface area (Å²) in [5.74, 6) is 6.21. The summed E-state index contributed by atoms with van der Waals surface area (Å²) in [6, 6.07) is 8.85. The van der Waals surface area contributed by atoms with E-state index in [1.165, 1.54) is 10.5 Å². The van der Waals surface area contributed by atoms with Crippen LogP contribution in [0.25, 0.3) is 0 Å². The molecular formula is C12H20N2S. The van der Waals surface area contributed by atoms with Crippen molar-refractivity contribution in [2.24, 2.45) is 11.8 Å². The van der Waals surface area contributed by atoms with Crippen LogP contribution in [0.3, 0.4) is 0 Å². The largest absolute Gasteiger partial charge is 0.271 e. The second-order valence-electron chi connectivity index (χ2n) is 4.12. The number of thioether (sulfide) groups is 1. The van der Waals surface area contributed by atoms with Gasteiger partial charge in [0.25, 0.3) is 0 Å². The van der Waals surface area contributed by atoms with E-state index in [1.807, 2.05) is 0 Å². The lowest BCUT2D eigenvalue weighted by Gasteiger charge is -2.18. The van der Waals surface area contributed by atoms with Gasteiger partial charge in [-0.2, -0.15) is 0 Å². The summed E-state index contributed by atoms with van der Waals surface area (Å²) in [7, 11) is 0. The van der Waals surface area contributed by atoms with Crippen molar-refractivity contribution in [2.45, 2.75) is 31.2 Å². The lowest BCUT2D eigenvalue weighted by Crippen LogP contribution is -2.29. The number of nitrogens with one attached hydrogen (secondary N) is 1. The predicted octanol–water partition coefficient (Wildman–Crippen LogP) is 2.96. The van der Waals surface area contributed by atoms with E-state index in [2.05, 4.69) is 49.8 Å². The van der Waals surface area contributed by atoms with Gasteiger partial charge in [0.2, 0.25) is 0 Å². The van der Waals surface area contributed by atoms with Crippen LogP contribution in [0, 0.1) is 5.92 Å². The van der Waals surface area contributed by atoms with Crippen molar-refractivity contribution in [3.63, 3.8) is 0 Å². The van der Waals surface area contributed by atoms with Crippen LogP contribution in [0.2, 0.25) is 0 Å². The van der Waals surface area contributed by atoms with Gasteiger partial charge in [0, 0.05) is 10.9 Å². The molecule has 0 aliphatic carbocycles. The SMILES string of the molecule is CSc1ccc(C(CC(C)C)NN)cc1. The fourth-order valence-electron chi connectivity index (χ4n) is 1.61. The molecule has 3 heteroatoms. The molecule has 84 valence electrons. The number of rotatable bonds is 5. The lowest BCUT2D eigenvalue weighted by atomic mass is 9.98. The Morgan fingerprint density at radius 3 is 2.27 bits per heavy atom. The van der Waals surface area contributed by atoms with E-state index < -0.39 is 0 Å². The zero-order valence-electron chi connectivity index (χ0n) is 9.66. The highest BCUT2D eigenvalue weighted by Crippen LogP contribution is 2.23. The van der Waals surface area contributed by atoms with Crippen LogP contribution < -0.4 is 11.3 Å². The Bertz CT molecular complexity index is 282. The molecule has 0 amide bonds. The predicted molar refractivity (Wildman–Crippen MR) is 67.7 cm³/mol. The fourth-order valence-corrected chi connectivity index (χ4v) is 2.02. The minimum Gasteiger partial charge on any atom is -0.271 e. The first-order valence-electron chi connectivity index (χ1n) is 5.27. The van der Waals surface area contributed by atoms with Gasteiger partial charge in [0.15, 0.2) is 0 Å². The number of hydrazine groups is 1. The Balaban J connectivity index is 2.74. The maximum absolute atomic E-state index is 5.57. The van der Waals surface area contributed by atoms with Gasteiger partial charge in [-0.3, -0.25) is 11.3 Å². The summed E-state index contributed by atoms with van der Waals surface area (Å²) in [5, 5.41) is 0. The van der Waals surface area contributed by atoms with Gasteiger partial charge in [0.05, 0.1) is 0 Å². The summed E-state index contributed by atoms with van der Waals surface area (Å²) in [6.07, 6.45) is 3.15. The molecule has 15 heavy (non-hydrogen) atoms. The van der Waals surface area contributed by atoms with Crippen molar-refractivity contribution in [3.05, 3.63) is 29.8 Å². The zero-order chi connectivity index (χ0) is 11.3. The Labute approximate surface area is 96.6 Å². The lowest BCUT2D eigenvalue weighted by molar-refractivity contribution is 0.438. The maximum atomic E-state index is 5.57. The third kappa shape index (κ3) is 3.86. The zero-order valence-corrected chi connectivity index (χ0v) is 10.5. The smallest absolute Gasteiger partial charge is 0.0462 e. The fraction of sp³-hybridized carbons (Fsp3) is 0.500. The van der Waals surface area contributed by atoms with E-state index in [0.717, 1.165) is 6.42 Å². The van der Waals surface area contributed by atoms with E-state index >= 15 is 0 Å². The van der Waals surface area contributed by atoms with Crippen LogP contribution in [-0.4, -0.2) is 6.26 Å². The third-order valence-electron chi connectivity index (χ3n) is 2.43. The highest BCUT2D eigenvalue weighted by atomic mass is 32.2. The van der Waals surface area contributed by atoms with E-state index in [9.17, 15) is 0 Å². The molecule has 0 saturated carbocycles. The number of nitrogens with two attached hydrogens (primary N) is 1. The van der Waals surface area contributed by atoms with Gasteiger partial charge in [-0.25, -0.2) is 0 Å². The molecule has 0 aliphatic rings. The molecule has 0 spiro atoms. The van der Waals surface area contributed by atoms with Crippen molar-refractivity contribution in [1.29, 1.82) is 0 Å². The topological polar surface area (TPSA) is 38.0 Å². The average molecular weight is 224 g/mol. The molecule has 1 aromatic rings. The van der Waals surface area contributed by atoms with Gasteiger partial charge in [-0.1, -0.05) is 26.0 Å². The Hall–Kier alpha value is -0.510. The second kappa shape index (κ2) is 6.16. The van der Waals surface area contributed by atoms with E-state index in [0.29, 0.717) is 5.92 Å². The molecule has 1 unspecified atom stereocenters. The summed E-state index contributed by atoms with van der Waals surface area (Å²) in [4.78, 5) is 1.29. The second-order valence-corrected chi connectivity index (χ2v) is 5.00. The molecule has 1 aromatic carbocycles. The Kier molecular flexibility index (Phi) is 5.15. The molecule has 0 heterocycles. The quantitative estimate of drug-likeness (QED) is 0.459.